The van der Waals surface area contributed by atoms with Gasteiger partial charge < -0.3 is 9.88 Å². The summed E-state index contributed by atoms with van der Waals surface area (Å²) in [7, 11) is -2.01. The molecule has 0 aliphatic heterocycles. The topological polar surface area (TPSA) is 106 Å². The smallest absolute Gasteiger partial charge is 0.244 e. The Bertz CT molecular complexity index is 1230. The Balaban J connectivity index is 1.80. The highest BCUT2D eigenvalue weighted by molar-refractivity contribution is 7.89. The van der Waals surface area contributed by atoms with Gasteiger partial charge in [-0.3, -0.25) is 4.79 Å². The van der Waals surface area contributed by atoms with Crippen molar-refractivity contribution in [2.24, 2.45) is 7.05 Å². The molecule has 0 aliphatic rings. The van der Waals surface area contributed by atoms with Crippen molar-refractivity contribution >= 4 is 32.4 Å². The Morgan fingerprint density at radius 2 is 1.74 bits per heavy atom. The number of aryl methyl sites for hydroxylation is 4. The van der Waals surface area contributed by atoms with E-state index in [0.29, 0.717) is 16.3 Å². The number of imidazole rings is 1. The van der Waals surface area contributed by atoms with Gasteiger partial charge in [0.25, 0.3) is 0 Å². The summed E-state index contributed by atoms with van der Waals surface area (Å²) in [6.07, 6.45) is 3.53. The standard InChI is InChI=1S/C21H27N5O3S2/c1-11-10-12(2)14(4)18(13(11)3)31(28,29)25-16(6)20(27)24-21-23-15(5)17(30-21)19-22-8-9-26(19)7/h8-10,16,25H,1-7H3,(H,23,24,27). The predicted octanol–water partition coefficient (Wildman–Crippen LogP) is 3.39. The van der Waals surface area contributed by atoms with Crippen LogP contribution >= 0.6 is 11.3 Å². The average molecular weight is 462 g/mol. The van der Waals surface area contributed by atoms with Crippen molar-refractivity contribution in [2.45, 2.75) is 52.5 Å². The second kappa shape index (κ2) is 8.52. The number of rotatable bonds is 6. The summed E-state index contributed by atoms with van der Waals surface area (Å²) >= 11 is 1.30. The average Bonchev–Trinajstić information content (AvgIpc) is 3.24. The molecule has 3 rings (SSSR count). The monoisotopic (exact) mass is 461 g/mol. The number of nitrogens with zero attached hydrogens (tertiary/aromatic N) is 3. The van der Waals surface area contributed by atoms with Crippen molar-refractivity contribution in [3.05, 3.63) is 46.4 Å². The van der Waals surface area contributed by atoms with Crippen LogP contribution in [0.4, 0.5) is 5.13 Å². The third-order valence-corrected chi connectivity index (χ3v) is 8.22. The molecule has 0 saturated carbocycles. The Labute approximate surface area is 186 Å². The van der Waals surface area contributed by atoms with Crippen LogP contribution in [0.3, 0.4) is 0 Å². The number of carbonyl (C=O) groups excluding carboxylic acids is 1. The molecule has 1 aromatic carbocycles. The minimum atomic E-state index is -3.89. The number of carbonyl (C=O) groups is 1. The normalized spacial score (nSPS) is 12.7. The quantitative estimate of drug-likeness (QED) is 0.585. The number of anilines is 1. The summed E-state index contributed by atoms with van der Waals surface area (Å²) in [6.45, 7) is 10.7. The molecule has 10 heteroatoms. The van der Waals surface area contributed by atoms with Crippen LogP contribution in [0, 0.1) is 34.6 Å². The molecule has 0 bridgehead atoms. The fourth-order valence-corrected chi connectivity index (χ4v) is 6.21. The SMILES string of the molecule is Cc1cc(C)c(C)c(S(=O)(=O)NC(C)C(=O)Nc2nc(C)c(-c3nccn3C)s2)c1C. The molecule has 1 atom stereocenters. The van der Waals surface area contributed by atoms with Crippen molar-refractivity contribution in [1.29, 1.82) is 0 Å². The van der Waals surface area contributed by atoms with Gasteiger partial charge in [-0.05, 0) is 63.8 Å². The molecule has 0 saturated heterocycles. The first-order chi connectivity index (χ1) is 14.4. The van der Waals surface area contributed by atoms with Gasteiger partial charge in [0.1, 0.15) is 0 Å². The van der Waals surface area contributed by atoms with E-state index in [0.717, 1.165) is 27.5 Å². The molecular formula is C21H27N5O3S2. The number of hydrogen-bond donors (Lipinski definition) is 2. The maximum absolute atomic E-state index is 13.1. The zero-order chi connectivity index (χ0) is 23.1. The molecule has 166 valence electrons. The zero-order valence-corrected chi connectivity index (χ0v) is 20.3. The first-order valence-electron chi connectivity index (χ1n) is 9.78. The van der Waals surface area contributed by atoms with E-state index >= 15 is 0 Å². The summed E-state index contributed by atoms with van der Waals surface area (Å²) < 4.78 is 30.5. The van der Waals surface area contributed by atoms with Crippen molar-refractivity contribution < 1.29 is 13.2 Å². The summed E-state index contributed by atoms with van der Waals surface area (Å²) in [4.78, 5) is 22.5. The predicted molar refractivity (Wildman–Crippen MR) is 123 cm³/mol. The second-order valence-electron chi connectivity index (χ2n) is 7.72. The van der Waals surface area contributed by atoms with Crippen molar-refractivity contribution in [3.8, 4) is 10.7 Å². The fourth-order valence-electron chi connectivity index (χ4n) is 3.38. The Hall–Kier alpha value is -2.56. The molecule has 0 spiro atoms. The van der Waals surface area contributed by atoms with Crippen molar-refractivity contribution in [2.75, 3.05) is 5.32 Å². The van der Waals surface area contributed by atoms with E-state index in [1.54, 1.807) is 20.0 Å². The molecular weight excluding hydrogens is 434 g/mol. The molecule has 1 amide bonds. The van der Waals surface area contributed by atoms with E-state index in [9.17, 15) is 13.2 Å². The molecule has 2 aromatic heterocycles. The lowest BCUT2D eigenvalue weighted by molar-refractivity contribution is -0.117. The number of nitrogens with one attached hydrogen (secondary N) is 2. The van der Waals surface area contributed by atoms with Gasteiger partial charge in [-0.25, -0.2) is 18.4 Å². The number of amides is 1. The van der Waals surface area contributed by atoms with E-state index in [1.807, 2.05) is 44.6 Å². The van der Waals surface area contributed by atoms with Gasteiger partial charge in [0.2, 0.25) is 15.9 Å². The Morgan fingerprint density at radius 3 is 2.29 bits per heavy atom. The molecule has 0 fully saturated rings. The molecule has 2 N–H and O–H groups in total. The lowest BCUT2D eigenvalue weighted by Crippen LogP contribution is -2.42. The minimum absolute atomic E-state index is 0.229. The number of sulfonamides is 1. The molecule has 8 nitrogen and oxygen atoms in total. The number of aromatic nitrogens is 3. The van der Waals surface area contributed by atoms with E-state index in [1.165, 1.54) is 18.3 Å². The van der Waals surface area contributed by atoms with E-state index in [2.05, 4.69) is 20.0 Å². The van der Waals surface area contributed by atoms with Gasteiger partial charge in [0.15, 0.2) is 11.0 Å². The third kappa shape index (κ3) is 4.56. The van der Waals surface area contributed by atoms with E-state index in [-0.39, 0.29) is 4.90 Å². The minimum Gasteiger partial charge on any atom is -0.333 e. The van der Waals surface area contributed by atoms with Crippen LogP contribution in [-0.4, -0.2) is 34.9 Å². The maximum Gasteiger partial charge on any atom is 0.244 e. The number of benzene rings is 1. The number of hydrogen-bond acceptors (Lipinski definition) is 6. The van der Waals surface area contributed by atoms with Gasteiger partial charge in [-0.15, -0.1) is 0 Å². The summed E-state index contributed by atoms with van der Waals surface area (Å²) in [5.41, 5.74) is 3.88. The van der Waals surface area contributed by atoms with Crippen LogP contribution in [0.15, 0.2) is 23.4 Å². The summed E-state index contributed by atoms with van der Waals surface area (Å²) in [6, 6.07) is 0.981. The highest BCUT2D eigenvalue weighted by Crippen LogP contribution is 2.31. The van der Waals surface area contributed by atoms with Gasteiger partial charge in [0, 0.05) is 19.4 Å². The molecule has 2 heterocycles. The first kappa shape index (κ1) is 23.1. The van der Waals surface area contributed by atoms with Crippen LogP contribution in [0.2, 0.25) is 0 Å². The van der Waals surface area contributed by atoms with Crippen LogP contribution in [0.5, 0.6) is 0 Å². The summed E-state index contributed by atoms with van der Waals surface area (Å²) in [5, 5.41) is 3.11. The molecule has 31 heavy (non-hydrogen) atoms. The van der Waals surface area contributed by atoms with Crippen molar-refractivity contribution in [3.63, 3.8) is 0 Å². The largest absolute Gasteiger partial charge is 0.333 e. The van der Waals surface area contributed by atoms with Crippen LogP contribution in [-0.2, 0) is 21.9 Å². The third-order valence-electron chi connectivity index (χ3n) is 5.34. The van der Waals surface area contributed by atoms with E-state index in [4.69, 9.17) is 0 Å². The molecule has 1 unspecified atom stereocenters. The highest BCUT2D eigenvalue weighted by Gasteiger charge is 2.27. The number of thiazole rings is 1. The molecule has 0 aliphatic carbocycles. The maximum atomic E-state index is 13.1. The highest BCUT2D eigenvalue weighted by atomic mass is 32.2. The Morgan fingerprint density at radius 1 is 1.13 bits per heavy atom. The first-order valence-corrected chi connectivity index (χ1v) is 12.1. The summed E-state index contributed by atoms with van der Waals surface area (Å²) in [5.74, 6) is 0.272. The van der Waals surface area contributed by atoms with Gasteiger partial charge in [-0.2, -0.15) is 4.72 Å². The van der Waals surface area contributed by atoms with E-state index < -0.39 is 22.0 Å². The van der Waals surface area contributed by atoms with Crippen LogP contribution < -0.4 is 10.0 Å². The van der Waals surface area contributed by atoms with Crippen LogP contribution in [0.1, 0.15) is 34.9 Å². The van der Waals surface area contributed by atoms with Gasteiger partial charge >= 0.3 is 0 Å². The molecule has 3 aromatic rings. The Kier molecular flexibility index (Phi) is 6.35. The second-order valence-corrected chi connectivity index (χ2v) is 10.4. The molecule has 0 radical (unpaired) electrons. The van der Waals surface area contributed by atoms with Crippen molar-refractivity contribution in [1.82, 2.24) is 19.3 Å². The van der Waals surface area contributed by atoms with Crippen LogP contribution in [0.25, 0.3) is 10.7 Å². The van der Waals surface area contributed by atoms with Gasteiger partial charge in [0.05, 0.1) is 21.5 Å². The zero-order valence-electron chi connectivity index (χ0n) is 18.7. The lowest BCUT2D eigenvalue weighted by atomic mass is 10.0. The lowest BCUT2D eigenvalue weighted by Gasteiger charge is -2.18. The fraction of sp³-hybridized carbons (Fsp3) is 0.381. The van der Waals surface area contributed by atoms with Gasteiger partial charge in [-0.1, -0.05) is 17.4 Å².